The molecule has 1 fully saturated rings. The zero-order chi connectivity index (χ0) is 19.3. The smallest absolute Gasteiger partial charge is 0.152 e. The number of rotatable bonds is 3. The van der Waals surface area contributed by atoms with Crippen molar-refractivity contribution in [3.8, 4) is 17.0 Å². The lowest BCUT2D eigenvalue weighted by molar-refractivity contribution is 0.412. The fraction of sp³-hybridized carbons (Fsp3) is 0.381. The number of hydrogen-bond donors (Lipinski definition) is 2. The highest BCUT2D eigenvalue weighted by Crippen LogP contribution is 2.42. The third-order valence-electron chi connectivity index (χ3n) is 5.65. The van der Waals surface area contributed by atoms with Crippen LogP contribution in [0.4, 0.5) is 17.2 Å². The number of fused-ring (bicyclic) bond motifs is 1. The Balaban J connectivity index is 2.04. The van der Waals surface area contributed by atoms with Crippen LogP contribution in [-0.4, -0.2) is 29.8 Å². The number of benzene rings is 1. The van der Waals surface area contributed by atoms with Crippen LogP contribution >= 0.6 is 0 Å². The molecule has 0 bridgehead atoms. The van der Waals surface area contributed by atoms with E-state index >= 15 is 0 Å². The molecule has 2 aromatic heterocycles. The van der Waals surface area contributed by atoms with Crippen molar-refractivity contribution >= 4 is 22.7 Å². The Bertz CT molecular complexity index is 1030. The van der Waals surface area contributed by atoms with Gasteiger partial charge >= 0.3 is 0 Å². The highest BCUT2D eigenvalue weighted by atomic mass is 16.5. The molecule has 0 atom stereocenters. The minimum Gasteiger partial charge on any atom is -0.496 e. The van der Waals surface area contributed by atoms with Crippen molar-refractivity contribution in [1.82, 2.24) is 9.61 Å². The number of nitrogens with two attached hydrogens (primary N) is 2. The van der Waals surface area contributed by atoms with E-state index in [1.165, 1.54) is 12.8 Å². The van der Waals surface area contributed by atoms with Crippen LogP contribution in [-0.2, 0) is 0 Å². The highest BCUT2D eigenvalue weighted by molar-refractivity contribution is 5.96. The number of hydrogen-bond acceptors (Lipinski definition) is 5. The second kappa shape index (κ2) is 6.37. The first-order chi connectivity index (χ1) is 12.9. The number of methoxy groups -OCH3 is 1. The summed E-state index contributed by atoms with van der Waals surface area (Å²) >= 11 is 0. The summed E-state index contributed by atoms with van der Waals surface area (Å²) in [5, 5.41) is 4.99. The number of anilines is 3. The number of nitrogen functional groups attached to an aromatic ring is 2. The molecule has 0 saturated carbocycles. The first-order valence-electron chi connectivity index (χ1n) is 9.40. The molecule has 6 heteroatoms. The first-order valence-corrected chi connectivity index (χ1v) is 9.40. The summed E-state index contributed by atoms with van der Waals surface area (Å²) < 4.78 is 7.45. The first kappa shape index (κ1) is 17.5. The maximum atomic E-state index is 6.49. The zero-order valence-corrected chi connectivity index (χ0v) is 16.5. The standard InChI is InChI=1S/C21H27N5O/c1-12-7-8-16(27-4)14(3)17(12)20-19(23)18(22)15-11-13(2)21(24-26(15)20)25-9-5-6-10-25/h7-8,11H,5-6,9-10,22-23H2,1-4H3. The minimum absolute atomic E-state index is 0.569. The molecule has 4 rings (SSSR count). The SMILES string of the molecule is COc1ccc(C)c(-c2c(N)c(N)c3cc(C)c(N4CCCC4)nn23)c1C. The van der Waals surface area contributed by atoms with Gasteiger partial charge in [-0.2, -0.15) is 0 Å². The van der Waals surface area contributed by atoms with E-state index in [4.69, 9.17) is 21.3 Å². The molecule has 4 N–H and O–H groups in total. The van der Waals surface area contributed by atoms with Gasteiger partial charge in [0.2, 0.25) is 0 Å². The minimum atomic E-state index is 0.569. The van der Waals surface area contributed by atoms with Gasteiger partial charge in [-0.1, -0.05) is 6.07 Å². The van der Waals surface area contributed by atoms with E-state index in [1.807, 2.05) is 23.6 Å². The van der Waals surface area contributed by atoms with Gasteiger partial charge in [-0.05, 0) is 56.9 Å². The molecule has 1 aromatic carbocycles. The van der Waals surface area contributed by atoms with E-state index in [0.29, 0.717) is 11.4 Å². The molecule has 27 heavy (non-hydrogen) atoms. The van der Waals surface area contributed by atoms with E-state index in [9.17, 15) is 0 Å². The van der Waals surface area contributed by atoms with Crippen molar-refractivity contribution in [2.75, 3.05) is 36.6 Å². The summed E-state index contributed by atoms with van der Waals surface area (Å²) in [6, 6.07) is 6.13. The fourth-order valence-electron chi connectivity index (χ4n) is 4.20. The Morgan fingerprint density at radius 3 is 2.37 bits per heavy atom. The van der Waals surface area contributed by atoms with Crippen LogP contribution in [0, 0.1) is 20.8 Å². The Kier molecular flexibility index (Phi) is 4.13. The van der Waals surface area contributed by atoms with E-state index in [2.05, 4.69) is 24.8 Å². The Hall–Kier alpha value is -2.89. The van der Waals surface area contributed by atoms with Crippen molar-refractivity contribution < 1.29 is 4.74 Å². The van der Waals surface area contributed by atoms with E-state index in [1.54, 1.807) is 7.11 Å². The van der Waals surface area contributed by atoms with Crippen molar-refractivity contribution in [2.24, 2.45) is 0 Å². The second-order valence-electron chi connectivity index (χ2n) is 7.40. The largest absolute Gasteiger partial charge is 0.496 e. The quantitative estimate of drug-likeness (QED) is 0.739. The van der Waals surface area contributed by atoms with E-state index < -0.39 is 0 Å². The third kappa shape index (κ3) is 2.59. The Labute approximate surface area is 159 Å². The topological polar surface area (TPSA) is 81.8 Å². The molecular formula is C21H27N5O. The van der Waals surface area contributed by atoms with Gasteiger partial charge in [0, 0.05) is 24.2 Å². The molecule has 1 aliphatic heterocycles. The van der Waals surface area contributed by atoms with E-state index in [-0.39, 0.29) is 0 Å². The van der Waals surface area contributed by atoms with Gasteiger partial charge in [0.1, 0.15) is 5.75 Å². The van der Waals surface area contributed by atoms with Crippen LogP contribution in [0.1, 0.15) is 29.5 Å². The van der Waals surface area contributed by atoms with Crippen LogP contribution in [0.3, 0.4) is 0 Å². The molecule has 0 spiro atoms. The molecule has 3 aromatic rings. The van der Waals surface area contributed by atoms with Gasteiger partial charge in [-0.25, -0.2) is 4.52 Å². The monoisotopic (exact) mass is 365 g/mol. The summed E-state index contributed by atoms with van der Waals surface area (Å²) in [6.45, 7) is 8.29. The maximum Gasteiger partial charge on any atom is 0.152 e. The molecule has 0 aliphatic carbocycles. The third-order valence-corrected chi connectivity index (χ3v) is 5.65. The molecule has 0 unspecified atom stereocenters. The maximum absolute atomic E-state index is 6.49. The molecule has 1 saturated heterocycles. The summed E-state index contributed by atoms with van der Waals surface area (Å²) in [7, 11) is 1.68. The lowest BCUT2D eigenvalue weighted by Crippen LogP contribution is -2.21. The number of ether oxygens (including phenoxy) is 1. The lowest BCUT2D eigenvalue weighted by atomic mass is 9.98. The predicted octanol–water partition coefficient (Wildman–Crippen LogP) is 3.70. The zero-order valence-electron chi connectivity index (χ0n) is 16.5. The summed E-state index contributed by atoms with van der Waals surface area (Å²) in [5.74, 6) is 1.84. The van der Waals surface area contributed by atoms with Gasteiger partial charge in [0.05, 0.1) is 29.7 Å². The Morgan fingerprint density at radius 1 is 1.00 bits per heavy atom. The molecule has 6 nitrogen and oxygen atoms in total. The van der Waals surface area contributed by atoms with Crippen molar-refractivity contribution in [3.05, 3.63) is 34.9 Å². The Morgan fingerprint density at radius 2 is 1.70 bits per heavy atom. The lowest BCUT2D eigenvalue weighted by Gasteiger charge is -2.20. The normalized spacial score (nSPS) is 14.3. The molecule has 0 amide bonds. The highest BCUT2D eigenvalue weighted by Gasteiger charge is 2.24. The molecule has 1 aliphatic rings. The summed E-state index contributed by atoms with van der Waals surface area (Å²) in [4.78, 5) is 2.34. The van der Waals surface area contributed by atoms with Crippen molar-refractivity contribution in [2.45, 2.75) is 33.6 Å². The van der Waals surface area contributed by atoms with Gasteiger partial charge < -0.3 is 21.1 Å². The van der Waals surface area contributed by atoms with Gasteiger partial charge in [-0.3, -0.25) is 0 Å². The molecule has 142 valence electrons. The number of nitrogens with zero attached hydrogens (tertiary/aromatic N) is 3. The van der Waals surface area contributed by atoms with E-state index in [0.717, 1.165) is 58.1 Å². The average molecular weight is 365 g/mol. The average Bonchev–Trinajstić information content (AvgIpc) is 3.25. The van der Waals surface area contributed by atoms with Gasteiger partial charge in [-0.15, -0.1) is 5.10 Å². The second-order valence-corrected chi connectivity index (χ2v) is 7.40. The summed E-state index contributed by atoms with van der Waals surface area (Å²) in [6.07, 6.45) is 2.41. The number of aryl methyl sites for hydroxylation is 2. The van der Waals surface area contributed by atoms with Crippen molar-refractivity contribution in [1.29, 1.82) is 0 Å². The summed E-state index contributed by atoms with van der Waals surface area (Å²) in [5.41, 5.74) is 20.0. The molecule has 3 heterocycles. The molecular weight excluding hydrogens is 338 g/mol. The van der Waals surface area contributed by atoms with Gasteiger partial charge in [0.25, 0.3) is 0 Å². The fourth-order valence-corrected chi connectivity index (χ4v) is 4.20. The molecule has 0 radical (unpaired) electrons. The van der Waals surface area contributed by atoms with Crippen LogP contribution in [0.2, 0.25) is 0 Å². The van der Waals surface area contributed by atoms with Crippen molar-refractivity contribution in [3.63, 3.8) is 0 Å². The predicted molar refractivity (Wildman–Crippen MR) is 112 cm³/mol. The van der Waals surface area contributed by atoms with Crippen LogP contribution < -0.4 is 21.1 Å². The van der Waals surface area contributed by atoms with Crippen LogP contribution in [0.15, 0.2) is 18.2 Å². The van der Waals surface area contributed by atoms with Gasteiger partial charge in [0.15, 0.2) is 5.82 Å². The number of aromatic nitrogens is 2. The van der Waals surface area contributed by atoms with Crippen LogP contribution in [0.5, 0.6) is 5.75 Å². The van der Waals surface area contributed by atoms with Crippen LogP contribution in [0.25, 0.3) is 16.8 Å².